The van der Waals surface area contributed by atoms with Gasteiger partial charge in [0.1, 0.15) is 17.3 Å². The molecule has 2 atom stereocenters. The fraction of sp³-hybridized carbons (Fsp3) is 0.429. The second-order valence-electron chi connectivity index (χ2n) is 10.4. The number of benzene rings is 2. The van der Waals surface area contributed by atoms with Gasteiger partial charge in [0, 0.05) is 55.3 Å². The molecule has 2 aromatic carbocycles. The highest BCUT2D eigenvalue weighted by Crippen LogP contribution is 2.49. The number of nitrogens with one attached hydrogen (secondary N) is 1. The molecule has 0 bridgehead atoms. The third-order valence-electron chi connectivity index (χ3n) is 8.08. The molecule has 200 valence electrons. The molecule has 3 aliphatic heterocycles. The van der Waals surface area contributed by atoms with E-state index in [4.69, 9.17) is 9.47 Å². The molecule has 1 aromatic heterocycles. The first-order valence-electron chi connectivity index (χ1n) is 12.9. The Morgan fingerprint density at radius 2 is 1.97 bits per heavy atom. The van der Waals surface area contributed by atoms with E-state index in [0.29, 0.717) is 43.0 Å². The molecule has 9 nitrogen and oxygen atoms in total. The number of H-pyrrole nitrogens is 1. The first kappa shape index (κ1) is 24.7. The topological polar surface area (TPSA) is 98.3 Å². The number of aromatic nitrogens is 1. The number of hydrogen-bond donors (Lipinski definition) is 2. The molecule has 0 radical (unpaired) electrons. The summed E-state index contributed by atoms with van der Waals surface area (Å²) in [5.74, 6) is -0.582. The number of aromatic hydroxyl groups is 1. The number of halogens is 1. The molecule has 38 heavy (non-hydrogen) atoms. The molecule has 6 rings (SSSR count). The number of methoxy groups -OCH3 is 1. The van der Waals surface area contributed by atoms with Gasteiger partial charge < -0.3 is 19.6 Å². The molecule has 3 aromatic rings. The summed E-state index contributed by atoms with van der Waals surface area (Å²) in [6, 6.07) is 8.69. The van der Waals surface area contributed by atoms with Gasteiger partial charge in [-0.15, -0.1) is 0 Å². The van der Waals surface area contributed by atoms with Gasteiger partial charge in [-0.05, 0) is 42.7 Å². The van der Waals surface area contributed by atoms with Crippen LogP contribution >= 0.6 is 0 Å². The lowest BCUT2D eigenvalue weighted by Gasteiger charge is -2.42. The van der Waals surface area contributed by atoms with Gasteiger partial charge in [0.25, 0.3) is 5.91 Å². The molecule has 0 saturated carbocycles. The molecule has 2 N–H and O–H groups in total. The fourth-order valence-corrected chi connectivity index (χ4v) is 6.19. The van der Waals surface area contributed by atoms with Crippen LogP contribution in [0.15, 0.2) is 36.4 Å². The number of amides is 3. The number of aromatic amines is 1. The minimum atomic E-state index is -1.14. The zero-order chi connectivity index (χ0) is 26.6. The van der Waals surface area contributed by atoms with Gasteiger partial charge in [-0.25, -0.2) is 9.18 Å². The summed E-state index contributed by atoms with van der Waals surface area (Å²) in [6.45, 7) is 5.98. The Balaban J connectivity index is 1.41. The maximum atomic E-state index is 14.6. The third kappa shape index (κ3) is 3.82. The second kappa shape index (κ2) is 9.28. The summed E-state index contributed by atoms with van der Waals surface area (Å²) in [7, 11) is 1.41. The van der Waals surface area contributed by atoms with E-state index in [1.807, 2.05) is 6.07 Å². The smallest absolute Gasteiger partial charge is 0.328 e. The summed E-state index contributed by atoms with van der Waals surface area (Å²) in [5, 5.41) is 11.0. The highest BCUT2D eigenvalue weighted by molar-refractivity contribution is 6.08. The van der Waals surface area contributed by atoms with Gasteiger partial charge in [0.05, 0.1) is 20.3 Å². The Morgan fingerprint density at radius 3 is 2.71 bits per heavy atom. The van der Waals surface area contributed by atoms with Gasteiger partial charge in [0.15, 0.2) is 11.6 Å². The van der Waals surface area contributed by atoms with E-state index in [0.717, 1.165) is 30.6 Å². The minimum absolute atomic E-state index is 0.0560. The van der Waals surface area contributed by atoms with Crippen molar-refractivity contribution in [3.8, 4) is 11.5 Å². The van der Waals surface area contributed by atoms with Gasteiger partial charge >= 0.3 is 6.03 Å². The van der Waals surface area contributed by atoms with E-state index in [2.05, 4.69) is 9.88 Å². The van der Waals surface area contributed by atoms with E-state index < -0.39 is 17.4 Å². The van der Waals surface area contributed by atoms with Gasteiger partial charge in [-0.2, -0.15) is 0 Å². The van der Waals surface area contributed by atoms with Crippen LogP contribution in [-0.4, -0.2) is 88.8 Å². The Labute approximate surface area is 219 Å². The first-order chi connectivity index (χ1) is 18.3. The maximum Gasteiger partial charge on any atom is 0.328 e. The van der Waals surface area contributed by atoms with Crippen LogP contribution in [0.5, 0.6) is 11.5 Å². The van der Waals surface area contributed by atoms with E-state index in [1.165, 1.54) is 18.1 Å². The van der Waals surface area contributed by atoms with Crippen LogP contribution in [0, 0.1) is 5.82 Å². The van der Waals surface area contributed by atoms with Crippen LogP contribution < -0.4 is 4.74 Å². The molecule has 2 saturated heterocycles. The monoisotopic (exact) mass is 522 g/mol. The van der Waals surface area contributed by atoms with Crippen molar-refractivity contribution in [3.63, 3.8) is 0 Å². The zero-order valence-corrected chi connectivity index (χ0v) is 21.5. The number of phenolic OH excluding ortho intramolecular Hbond substituents is 1. The zero-order valence-electron chi connectivity index (χ0n) is 21.5. The lowest BCUT2D eigenvalue weighted by atomic mass is 9.81. The number of phenols is 1. The highest BCUT2D eigenvalue weighted by Gasteiger charge is 2.60. The lowest BCUT2D eigenvalue weighted by molar-refractivity contribution is -0.133. The summed E-state index contributed by atoms with van der Waals surface area (Å²) in [4.78, 5) is 36.5. The van der Waals surface area contributed by atoms with Crippen LogP contribution in [0.2, 0.25) is 0 Å². The molecule has 4 heterocycles. The first-order valence-corrected chi connectivity index (χ1v) is 12.9. The van der Waals surface area contributed by atoms with Crippen molar-refractivity contribution in [3.05, 3.63) is 59.0 Å². The molecular weight excluding hydrogens is 491 g/mol. The lowest BCUT2D eigenvalue weighted by Crippen LogP contribution is -2.53. The number of urea groups is 1. The van der Waals surface area contributed by atoms with Crippen LogP contribution in [-0.2, 0) is 16.0 Å². The van der Waals surface area contributed by atoms with Crippen molar-refractivity contribution in [1.82, 2.24) is 19.7 Å². The molecular formula is C28H31FN4O5. The van der Waals surface area contributed by atoms with E-state index >= 15 is 0 Å². The number of imide groups is 1. The number of hydrogen-bond acceptors (Lipinski definition) is 6. The van der Waals surface area contributed by atoms with Gasteiger partial charge in [-0.3, -0.25) is 19.5 Å². The van der Waals surface area contributed by atoms with Crippen molar-refractivity contribution in [2.24, 2.45) is 0 Å². The van der Waals surface area contributed by atoms with Crippen molar-refractivity contribution >= 4 is 22.8 Å². The average Bonchev–Trinajstić information content (AvgIpc) is 3.34. The van der Waals surface area contributed by atoms with Crippen molar-refractivity contribution < 1.29 is 28.6 Å². The standard InChI is InChI=1S/C28H31FN4O5/c1-28-16-20-19-14-23(37-2)21(29)15-22(19)30-24(20)25(17-5-3-6-18(34)13-17)33(28)27(36)32(26(28)35)8-4-7-31-9-11-38-12-10-31/h3,5-6,13-15,25,30,34H,4,7-12,16H2,1-2H3/t25-,28+/m1/s1. The van der Waals surface area contributed by atoms with Gasteiger partial charge in [0.2, 0.25) is 0 Å². The SMILES string of the molecule is COc1cc2c3c([nH]c2cc1F)[C@@H](c1cccc(O)c1)N1C(=O)N(CCCN2CCOCC2)C(=O)[C@]1(C)C3. The van der Waals surface area contributed by atoms with Crippen LogP contribution in [0.1, 0.15) is 36.2 Å². The number of ether oxygens (including phenoxy) is 2. The quantitative estimate of drug-likeness (QED) is 0.482. The molecule has 2 fully saturated rings. The average molecular weight is 523 g/mol. The van der Waals surface area contributed by atoms with E-state index in [1.54, 1.807) is 36.1 Å². The number of nitrogens with zero attached hydrogens (tertiary/aromatic N) is 3. The molecule has 0 unspecified atom stereocenters. The predicted octanol–water partition coefficient (Wildman–Crippen LogP) is 3.41. The molecule has 0 spiro atoms. The molecule has 10 heteroatoms. The number of carbonyl (C=O) groups is 2. The number of morpholine rings is 1. The van der Waals surface area contributed by atoms with Crippen molar-refractivity contribution in [2.45, 2.75) is 31.3 Å². The van der Waals surface area contributed by atoms with Crippen LogP contribution in [0.3, 0.4) is 0 Å². The maximum absolute atomic E-state index is 14.6. The number of rotatable bonds is 6. The Hall–Kier alpha value is -3.63. The van der Waals surface area contributed by atoms with Crippen LogP contribution in [0.25, 0.3) is 10.9 Å². The minimum Gasteiger partial charge on any atom is -0.508 e. The number of fused-ring (bicyclic) bond motifs is 4. The normalized spacial score (nSPS) is 23.7. The fourth-order valence-electron chi connectivity index (χ4n) is 6.19. The molecule has 0 aliphatic carbocycles. The molecule has 3 amide bonds. The molecule has 3 aliphatic rings. The van der Waals surface area contributed by atoms with E-state index in [-0.39, 0.29) is 29.9 Å². The highest BCUT2D eigenvalue weighted by atomic mass is 19.1. The Bertz CT molecular complexity index is 1420. The number of carbonyl (C=O) groups excluding carboxylic acids is 2. The second-order valence-corrected chi connectivity index (χ2v) is 10.4. The summed E-state index contributed by atoms with van der Waals surface area (Å²) in [5.41, 5.74) is 1.61. The largest absolute Gasteiger partial charge is 0.508 e. The summed E-state index contributed by atoms with van der Waals surface area (Å²) in [6.07, 6.45) is 0.944. The van der Waals surface area contributed by atoms with Crippen molar-refractivity contribution in [2.75, 3.05) is 46.5 Å². The van der Waals surface area contributed by atoms with E-state index in [9.17, 15) is 19.1 Å². The Morgan fingerprint density at radius 1 is 1.18 bits per heavy atom. The van der Waals surface area contributed by atoms with Crippen LogP contribution in [0.4, 0.5) is 9.18 Å². The third-order valence-corrected chi connectivity index (χ3v) is 8.08. The Kier molecular flexibility index (Phi) is 6.03. The summed E-state index contributed by atoms with van der Waals surface area (Å²) < 4.78 is 25.2. The summed E-state index contributed by atoms with van der Waals surface area (Å²) >= 11 is 0. The van der Waals surface area contributed by atoms with Crippen molar-refractivity contribution in [1.29, 1.82) is 0 Å². The van der Waals surface area contributed by atoms with Gasteiger partial charge in [-0.1, -0.05) is 12.1 Å². The predicted molar refractivity (Wildman–Crippen MR) is 138 cm³/mol.